The number of ketones is 1. The monoisotopic (exact) mass is 476 g/mol. The van der Waals surface area contributed by atoms with Crippen molar-refractivity contribution in [2.24, 2.45) is 0 Å². The number of thioether (sulfide) groups is 1. The molecule has 0 bridgehead atoms. The molecule has 1 heterocycles. The smallest absolute Gasteiger partial charge is 0.446 e. The minimum atomic E-state index is -4.55. The van der Waals surface area contributed by atoms with Crippen LogP contribution in [0.4, 0.5) is 18.9 Å². The van der Waals surface area contributed by atoms with Crippen LogP contribution in [0, 0.1) is 0 Å². The molecule has 0 saturated heterocycles. The largest absolute Gasteiger partial charge is 0.508 e. The van der Waals surface area contributed by atoms with Gasteiger partial charge in [0, 0.05) is 30.9 Å². The van der Waals surface area contributed by atoms with Crippen molar-refractivity contribution in [2.75, 3.05) is 17.7 Å². The summed E-state index contributed by atoms with van der Waals surface area (Å²) in [6.07, 6.45) is 0.582. The summed E-state index contributed by atoms with van der Waals surface area (Å²) in [4.78, 5) is 28.8. The van der Waals surface area contributed by atoms with Crippen molar-refractivity contribution in [1.29, 1.82) is 0 Å². The number of halogens is 3. The Morgan fingerprint density at radius 3 is 2.42 bits per heavy atom. The summed E-state index contributed by atoms with van der Waals surface area (Å²) in [5.41, 5.74) is -4.93. The fourth-order valence-electron chi connectivity index (χ4n) is 2.56. The van der Waals surface area contributed by atoms with Gasteiger partial charge in [0.1, 0.15) is 11.4 Å². The SMILES string of the molecule is CCS(=O)(=O)c1cc(N(C)C(C)=O)cnc1C(=O)Cc1cc(SC(F)(F)F)ccc1O. The van der Waals surface area contributed by atoms with E-state index in [9.17, 15) is 36.3 Å². The Balaban J connectivity index is 2.48. The Morgan fingerprint density at radius 1 is 1.23 bits per heavy atom. The molecule has 1 aromatic heterocycles. The number of benzene rings is 1. The molecule has 2 aromatic rings. The molecule has 0 radical (unpaired) electrons. The summed E-state index contributed by atoms with van der Waals surface area (Å²) in [7, 11) is -2.52. The molecule has 0 atom stereocenters. The fourth-order valence-corrected chi connectivity index (χ4v) is 4.24. The molecule has 0 unspecified atom stereocenters. The Bertz CT molecular complexity index is 1120. The Labute approximate surface area is 181 Å². The highest BCUT2D eigenvalue weighted by Gasteiger charge is 2.30. The normalized spacial score (nSPS) is 11.9. The van der Waals surface area contributed by atoms with Crippen LogP contribution in [0.2, 0.25) is 0 Å². The molecule has 0 aliphatic carbocycles. The number of pyridine rings is 1. The predicted molar refractivity (Wildman–Crippen MR) is 109 cm³/mol. The van der Waals surface area contributed by atoms with Gasteiger partial charge in [0.25, 0.3) is 0 Å². The van der Waals surface area contributed by atoms with E-state index in [1.807, 2.05) is 0 Å². The van der Waals surface area contributed by atoms with Crippen molar-refractivity contribution in [2.45, 2.75) is 35.6 Å². The minimum Gasteiger partial charge on any atom is -0.508 e. The van der Waals surface area contributed by atoms with Gasteiger partial charge in [0.15, 0.2) is 15.6 Å². The lowest BCUT2D eigenvalue weighted by Gasteiger charge is -2.17. The summed E-state index contributed by atoms with van der Waals surface area (Å²) < 4.78 is 62.9. The lowest BCUT2D eigenvalue weighted by Crippen LogP contribution is -2.24. The first-order chi connectivity index (χ1) is 14.2. The van der Waals surface area contributed by atoms with E-state index < -0.39 is 55.7 Å². The second-order valence-electron chi connectivity index (χ2n) is 6.46. The molecule has 7 nitrogen and oxygen atoms in total. The number of amides is 1. The number of sulfone groups is 1. The highest BCUT2D eigenvalue weighted by Crippen LogP contribution is 2.38. The van der Waals surface area contributed by atoms with E-state index in [0.29, 0.717) is 0 Å². The lowest BCUT2D eigenvalue weighted by molar-refractivity contribution is -0.116. The van der Waals surface area contributed by atoms with Crippen LogP contribution in [-0.4, -0.2) is 48.5 Å². The zero-order valence-corrected chi connectivity index (χ0v) is 18.4. The van der Waals surface area contributed by atoms with Gasteiger partial charge in [0.2, 0.25) is 5.91 Å². The third-order valence-corrected chi connectivity index (χ3v) is 6.78. The summed E-state index contributed by atoms with van der Waals surface area (Å²) in [5.74, 6) is -1.95. The quantitative estimate of drug-likeness (QED) is 0.481. The van der Waals surface area contributed by atoms with E-state index in [1.165, 1.54) is 20.9 Å². The summed E-state index contributed by atoms with van der Waals surface area (Å²) in [6.45, 7) is 2.64. The Hall–Kier alpha value is -2.60. The maximum absolute atomic E-state index is 12.8. The van der Waals surface area contributed by atoms with Crippen molar-refractivity contribution in [3.63, 3.8) is 0 Å². The molecule has 0 aliphatic heterocycles. The zero-order chi connectivity index (χ0) is 23.6. The number of anilines is 1. The van der Waals surface area contributed by atoms with Gasteiger partial charge in [-0.05, 0) is 36.0 Å². The van der Waals surface area contributed by atoms with Crippen molar-refractivity contribution in [1.82, 2.24) is 4.98 Å². The topological polar surface area (TPSA) is 105 Å². The second kappa shape index (κ2) is 9.27. The Morgan fingerprint density at radius 2 is 1.87 bits per heavy atom. The average Bonchev–Trinajstić information content (AvgIpc) is 2.68. The number of aromatic nitrogens is 1. The van der Waals surface area contributed by atoms with Crippen LogP contribution in [0.1, 0.15) is 29.9 Å². The number of carbonyl (C=O) groups excluding carboxylic acids is 2. The number of phenolic OH excluding ortho intramolecular Hbond substituents is 1. The van der Waals surface area contributed by atoms with Gasteiger partial charge in [-0.2, -0.15) is 13.2 Å². The van der Waals surface area contributed by atoms with Crippen molar-refractivity contribution >= 4 is 39.0 Å². The lowest BCUT2D eigenvalue weighted by atomic mass is 10.1. The summed E-state index contributed by atoms with van der Waals surface area (Å²) in [5, 5.41) is 9.96. The molecular formula is C19H19F3N2O5S2. The third kappa shape index (κ3) is 6.20. The van der Waals surface area contributed by atoms with Crippen LogP contribution in [0.25, 0.3) is 0 Å². The number of rotatable bonds is 7. The van der Waals surface area contributed by atoms with Gasteiger partial charge in [-0.1, -0.05) is 6.92 Å². The highest BCUT2D eigenvalue weighted by atomic mass is 32.2. The highest BCUT2D eigenvalue weighted by molar-refractivity contribution is 8.00. The Kier molecular flexibility index (Phi) is 7.37. The summed E-state index contributed by atoms with van der Waals surface area (Å²) >= 11 is -0.406. The second-order valence-corrected chi connectivity index (χ2v) is 9.85. The molecule has 1 amide bonds. The first-order valence-corrected chi connectivity index (χ1v) is 11.3. The van der Waals surface area contributed by atoms with Crippen LogP contribution >= 0.6 is 11.8 Å². The molecule has 0 fully saturated rings. The van der Waals surface area contributed by atoms with Gasteiger partial charge in [0.05, 0.1) is 22.5 Å². The van der Waals surface area contributed by atoms with Gasteiger partial charge in [-0.3, -0.25) is 9.59 Å². The first-order valence-electron chi connectivity index (χ1n) is 8.83. The molecule has 12 heteroatoms. The molecular weight excluding hydrogens is 457 g/mol. The molecule has 1 N–H and O–H groups in total. The molecule has 168 valence electrons. The third-order valence-electron chi connectivity index (χ3n) is 4.31. The van der Waals surface area contributed by atoms with Gasteiger partial charge in [-0.25, -0.2) is 13.4 Å². The number of nitrogens with zero attached hydrogens (tertiary/aromatic N) is 2. The average molecular weight is 476 g/mol. The van der Waals surface area contributed by atoms with Gasteiger partial charge in [-0.15, -0.1) is 0 Å². The number of alkyl halides is 3. The molecule has 0 spiro atoms. The first kappa shape index (κ1) is 24.7. The van der Waals surface area contributed by atoms with E-state index in [2.05, 4.69) is 4.98 Å². The standard InChI is InChI=1S/C19H19F3N2O5S2/c1-4-31(28,29)17-9-13(24(3)11(2)25)10-23-18(17)16(27)8-12-7-14(5-6-15(12)26)30-19(20,21)22/h5-7,9-10,26H,4,8H2,1-3H3. The van der Waals surface area contributed by atoms with Crippen LogP contribution in [-0.2, 0) is 21.1 Å². The number of phenols is 1. The van der Waals surface area contributed by atoms with Crippen LogP contribution in [0.15, 0.2) is 40.3 Å². The number of hydrogen-bond acceptors (Lipinski definition) is 7. The van der Waals surface area contributed by atoms with Crippen molar-refractivity contribution < 1.29 is 36.3 Å². The molecule has 0 saturated carbocycles. The van der Waals surface area contributed by atoms with E-state index in [0.717, 1.165) is 35.4 Å². The van der Waals surface area contributed by atoms with Crippen LogP contribution in [0.5, 0.6) is 5.75 Å². The number of carbonyl (C=O) groups is 2. The van der Waals surface area contributed by atoms with Gasteiger partial charge >= 0.3 is 5.51 Å². The van der Waals surface area contributed by atoms with E-state index in [1.54, 1.807) is 0 Å². The maximum Gasteiger partial charge on any atom is 0.446 e. The minimum absolute atomic E-state index is 0.106. The number of aromatic hydroxyl groups is 1. The van der Waals surface area contributed by atoms with Crippen LogP contribution in [0.3, 0.4) is 0 Å². The fraction of sp³-hybridized carbons (Fsp3) is 0.316. The molecule has 31 heavy (non-hydrogen) atoms. The van der Waals surface area contributed by atoms with E-state index >= 15 is 0 Å². The zero-order valence-electron chi connectivity index (χ0n) is 16.7. The van der Waals surface area contributed by atoms with E-state index in [4.69, 9.17) is 0 Å². The molecule has 2 rings (SSSR count). The number of Topliss-reactive ketones (excluding diaryl/α,β-unsaturated/α-hetero) is 1. The molecule has 0 aliphatic rings. The molecule has 1 aromatic carbocycles. The maximum atomic E-state index is 12.8. The predicted octanol–water partition coefficient (Wildman–Crippen LogP) is 3.60. The van der Waals surface area contributed by atoms with Gasteiger partial charge < -0.3 is 10.0 Å². The van der Waals surface area contributed by atoms with E-state index in [-0.39, 0.29) is 27.8 Å². The van der Waals surface area contributed by atoms with Crippen molar-refractivity contribution in [3.05, 3.63) is 41.7 Å². The summed E-state index contributed by atoms with van der Waals surface area (Å²) in [6, 6.07) is 4.24. The number of hydrogen-bond donors (Lipinski definition) is 1. The van der Waals surface area contributed by atoms with Crippen LogP contribution < -0.4 is 4.90 Å². The van der Waals surface area contributed by atoms with Crippen molar-refractivity contribution in [3.8, 4) is 5.75 Å².